The molecule has 3 aromatic rings. The maximum Gasteiger partial charge on any atom is 0.274 e. The van der Waals surface area contributed by atoms with Crippen LogP contribution in [0.3, 0.4) is 0 Å². The summed E-state index contributed by atoms with van der Waals surface area (Å²) in [6, 6.07) is 17.0. The van der Waals surface area contributed by atoms with E-state index in [0.29, 0.717) is 23.3 Å². The van der Waals surface area contributed by atoms with Gasteiger partial charge in [0.2, 0.25) is 5.95 Å². The zero-order chi connectivity index (χ0) is 20.8. The molecule has 0 bridgehead atoms. The number of carbonyl (C=O) groups excluding carboxylic acids is 1. The van der Waals surface area contributed by atoms with Crippen molar-refractivity contribution in [3.05, 3.63) is 72.1 Å². The predicted octanol–water partition coefficient (Wildman–Crippen LogP) is 5.38. The van der Waals surface area contributed by atoms with Crippen LogP contribution < -0.4 is 15.4 Å². The molecule has 0 aliphatic rings. The van der Waals surface area contributed by atoms with E-state index in [1.54, 1.807) is 18.3 Å². The van der Waals surface area contributed by atoms with Gasteiger partial charge >= 0.3 is 0 Å². The van der Waals surface area contributed by atoms with Crippen LogP contribution in [0.15, 0.2) is 60.8 Å². The molecular weight excluding hydrogens is 364 g/mol. The number of nitrogens with zero attached hydrogens (tertiary/aromatic N) is 2. The van der Waals surface area contributed by atoms with Gasteiger partial charge in [-0.15, -0.1) is 0 Å². The Balaban J connectivity index is 1.73. The van der Waals surface area contributed by atoms with Gasteiger partial charge in [-0.3, -0.25) is 4.79 Å². The van der Waals surface area contributed by atoms with E-state index in [9.17, 15) is 4.79 Å². The van der Waals surface area contributed by atoms with Gasteiger partial charge in [0.1, 0.15) is 11.4 Å². The molecule has 0 spiro atoms. The Morgan fingerprint density at radius 1 is 0.966 bits per heavy atom. The van der Waals surface area contributed by atoms with Gasteiger partial charge in [0.25, 0.3) is 5.91 Å². The summed E-state index contributed by atoms with van der Waals surface area (Å²) in [4.78, 5) is 21.2. The van der Waals surface area contributed by atoms with E-state index in [4.69, 9.17) is 4.74 Å². The summed E-state index contributed by atoms with van der Waals surface area (Å²) < 4.78 is 5.75. The number of hydrogen-bond donors (Lipinski definition) is 2. The largest absolute Gasteiger partial charge is 0.489 e. The van der Waals surface area contributed by atoms with Gasteiger partial charge < -0.3 is 15.4 Å². The fourth-order valence-corrected chi connectivity index (χ4v) is 2.74. The minimum atomic E-state index is -0.328. The second-order valence-corrected chi connectivity index (χ2v) is 7.28. The molecular formula is C23H26N4O2. The summed E-state index contributed by atoms with van der Waals surface area (Å²) in [5, 5.41) is 6.00. The lowest BCUT2D eigenvalue weighted by Gasteiger charge is -2.14. The second kappa shape index (κ2) is 9.19. The first-order valence-electron chi connectivity index (χ1n) is 9.69. The molecule has 0 aliphatic heterocycles. The molecule has 150 valence electrons. The van der Waals surface area contributed by atoms with Crippen LogP contribution in [0.2, 0.25) is 0 Å². The summed E-state index contributed by atoms with van der Waals surface area (Å²) in [5.41, 5.74) is 2.98. The smallest absolute Gasteiger partial charge is 0.274 e. The highest BCUT2D eigenvalue weighted by Gasteiger charge is 2.13. The number of aromatic nitrogens is 2. The Labute approximate surface area is 171 Å². The van der Waals surface area contributed by atoms with Crippen molar-refractivity contribution in [3.63, 3.8) is 0 Å². The molecule has 0 radical (unpaired) electrons. The van der Waals surface area contributed by atoms with Gasteiger partial charge in [-0.05, 0) is 55.7 Å². The maximum atomic E-state index is 12.7. The molecule has 1 aromatic heterocycles. The van der Waals surface area contributed by atoms with Crippen molar-refractivity contribution in [2.45, 2.75) is 39.7 Å². The van der Waals surface area contributed by atoms with Crippen molar-refractivity contribution in [2.24, 2.45) is 0 Å². The molecule has 1 amide bonds. The topological polar surface area (TPSA) is 76.1 Å². The molecule has 6 heteroatoms. The Morgan fingerprint density at radius 2 is 1.69 bits per heavy atom. The van der Waals surface area contributed by atoms with E-state index in [-0.39, 0.29) is 17.7 Å². The molecule has 0 unspecified atom stereocenters. The maximum absolute atomic E-state index is 12.7. The van der Waals surface area contributed by atoms with Crippen LogP contribution >= 0.6 is 0 Å². The molecule has 2 N–H and O–H groups in total. The summed E-state index contributed by atoms with van der Waals surface area (Å²) in [7, 11) is 0. The zero-order valence-corrected chi connectivity index (χ0v) is 17.1. The van der Waals surface area contributed by atoms with Crippen LogP contribution in [0.5, 0.6) is 5.75 Å². The standard InChI is InChI=1S/C23H26N4O2/c1-15(2)17-9-11-18(12-10-17)25-23-24-14-13-20(27-23)22(28)26-19-7-5-6-8-21(19)29-16(3)4/h5-16H,1-4H3,(H,26,28)(H,24,25,27). The van der Waals surface area contributed by atoms with E-state index >= 15 is 0 Å². The minimum Gasteiger partial charge on any atom is -0.489 e. The third kappa shape index (κ3) is 5.54. The highest BCUT2D eigenvalue weighted by atomic mass is 16.5. The average molecular weight is 390 g/mol. The quantitative estimate of drug-likeness (QED) is 0.566. The third-order valence-electron chi connectivity index (χ3n) is 4.22. The van der Waals surface area contributed by atoms with Crippen molar-refractivity contribution in [1.82, 2.24) is 9.97 Å². The minimum absolute atomic E-state index is 0.00462. The lowest BCUT2D eigenvalue weighted by Crippen LogP contribution is -2.16. The van der Waals surface area contributed by atoms with Crippen molar-refractivity contribution in [1.29, 1.82) is 0 Å². The Bertz CT molecular complexity index is 969. The summed E-state index contributed by atoms with van der Waals surface area (Å²) in [6.07, 6.45) is 1.56. The van der Waals surface area contributed by atoms with Crippen molar-refractivity contribution in [3.8, 4) is 5.75 Å². The molecule has 0 saturated heterocycles. The molecule has 6 nitrogen and oxygen atoms in total. The van der Waals surface area contributed by atoms with Crippen LogP contribution in [-0.2, 0) is 0 Å². The molecule has 0 aliphatic carbocycles. The van der Waals surface area contributed by atoms with Gasteiger partial charge in [-0.2, -0.15) is 0 Å². The number of hydrogen-bond acceptors (Lipinski definition) is 5. The van der Waals surface area contributed by atoms with Gasteiger partial charge in [-0.25, -0.2) is 9.97 Å². The van der Waals surface area contributed by atoms with Crippen molar-refractivity contribution in [2.75, 3.05) is 10.6 Å². The fraction of sp³-hybridized carbons (Fsp3) is 0.261. The number of carbonyl (C=O) groups is 1. The fourth-order valence-electron chi connectivity index (χ4n) is 2.74. The SMILES string of the molecule is CC(C)Oc1ccccc1NC(=O)c1ccnc(Nc2ccc(C(C)C)cc2)n1. The Kier molecular flexibility index (Phi) is 6.44. The molecule has 0 fully saturated rings. The number of nitrogens with one attached hydrogen (secondary N) is 2. The number of para-hydroxylation sites is 2. The monoisotopic (exact) mass is 390 g/mol. The Hall–Kier alpha value is -3.41. The van der Waals surface area contributed by atoms with E-state index in [0.717, 1.165) is 5.69 Å². The van der Waals surface area contributed by atoms with Crippen LogP contribution in [0.25, 0.3) is 0 Å². The van der Waals surface area contributed by atoms with Gasteiger partial charge in [0, 0.05) is 11.9 Å². The average Bonchev–Trinajstić information content (AvgIpc) is 2.69. The van der Waals surface area contributed by atoms with Crippen molar-refractivity contribution >= 4 is 23.2 Å². The number of benzene rings is 2. The normalized spacial score (nSPS) is 10.8. The lowest BCUT2D eigenvalue weighted by atomic mass is 10.0. The van der Waals surface area contributed by atoms with Gasteiger partial charge in [0.05, 0.1) is 11.8 Å². The first kappa shape index (κ1) is 20.3. The molecule has 1 heterocycles. The number of amides is 1. The number of anilines is 3. The number of ether oxygens (including phenoxy) is 1. The van der Waals surface area contributed by atoms with Crippen LogP contribution in [0, 0.1) is 0 Å². The number of rotatable bonds is 7. The molecule has 29 heavy (non-hydrogen) atoms. The molecule has 2 aromatic carbocycles. The molecule has 0 saturated carbocycles. The van der Waals surface area contributed by atoms with E-state index in [1.807, 2.05) is 44.2 Å². The third-order valence-corrected chi connectivity index (χ3v) is 4.22. The Morgan fingerprint density at radius 3 is 2.38 bits per heavy atom. The van der Waals surface area contributed by atoms with Crippen LogP contribution in [0.1, 0.15) is 49.7 Å². The second-order valence-electron chi connectivity index (χ2n) is 7.28. The zero-order valence-electron chi connectivity index (χ0n) is 17.1. The highest BCUT2D eigenvalue weighted by Crippen LogP contribution is 2.25. The van der Waals surface area contributed by atoms with Gasteiger partial charge in [-0.1, -0.05) is 38.1 Å². The van der Waals surface area contributed by atoms with Crippen LogP contribution in [-0.4, -0.2) is 22.0 Å². The van der Waals surface area contributed by atoms with Crippen LogP contribution in [0.4, 0.5) is 17.3 Å². The molecule has 3 rings (SSSR count). The van der Waals surface area contributed by atoms with E-state index in [1.165, 1.54) is 5.56 Å². The van der Waals surface area contributed by atoms with E-state index < -0.39 is 0 Å². The predicted molar refractivity (Wildman–Crippen MR) is 116 cm³/mol. The van der Waals surface area contributed by atoms with E-state index in [2.05, 4.69) is 46.6 Å². The first-order valence-corrected chi connectivity index (χ1v) is 9.69. The lowest BCUT2D eigenvalue weighted by molar-refractivity contribution is 0.102. The van der Waals surface area contributed by atoms with Crippen molar-refractivity contribution < 1.29 is 9.53 Å². The highest BCUT2D eigenvalue weighted by molar-refractivity contribution is 6.03. The molecule has 0 atom stereocenters. The van der Waals surface area contributed by atoms with Gasteiger partial charge in [0.15, 0.2) is 0 Å². The first-order chi connectivity index (χ1) is 13.9. The summed E-state index contributed by atoms with van der Waals surface area (Å²) in [5.74, 6) is 1.12. The summed E-state index contributed by atoms with van der Waals surface area (Å²) in [6.45, 7) is 8.18. The summed E-state index contributed by atoms with van der Waals surface area (Å²) >= 11 is 0.